The molecule has 0 aliphatic rings. The molecule has 0 fully saturated rings. The number of nitrogens with zero attached hydrogens (tertiary/aromatic N) is 1. The molecule has 0 amide bonds. The van der Waals surface area contributed by atoms with E-state index >= 15 is 0 Å². The van der Waals surface area contributed by atoms with Crippen LogP contribution >= 0.6 is 11.6 Å². The van der Waals surface area contributed by atoms with Gasteiger partial charge >= 0.3 is 6.18 Å². The summed E-state index contributed by atoms with van der Waals surface area (Å²) in [6, 6.07) is -0.900. The molecule has 72 valence electrons. The van der Waals surface area contributed by atoms with Gasteiger partial charge in [0.2, 0.25) is 0 Å². The fraction of sp³-hybridized carbons (Fsp3) is 0.286. The second-order valence-electron chi connectivity index (χ2n) is 2.42. The molecule has 1 heterocycles. The number of hydrogen-bond acceptors (Lipinski definition) is 2. The minimum atomic E-state index is -4.48. The van der Waals surface area contributed by atoms with Gasteiger partial charge in [0, 0.05) is 12.4 Å². The Balaban J connectivity index is 3.02. The van der Waals surface area contributed by atoms with Crippen LogP contribution in [0.15, 0.2) is 18.5 Å². The van der Waals surface area contributed by atoms with Gasteiger partial charge in [-0.15, -0.1) is 0 Å². The standard InChI is InChI=1S/C7H6ClF3N2/c8-5-3-13-2-1-4(5)6(12)7(9,10)11/h1-3,6H,12H2. The summed E-state index contributed by atoms with van der Waals surface area (Å²) in [5, 5.41) is -0.0766. The van der Waals surface area contributed by atoms with Gasteiger partial charge in [-0.05, 0) is 11.6 Å². The maximum atomic E-state index is 12.1. The number of rotatable bonds is 1. The van der Waals surface area contributed by atoms with Crippen LogP contribution in [0.4, 0.5) is 13.2 Å². The number of pyridine rings is 1. The van der Waals surface area contributed by atoms with Crippen LogP contribution in [-0.2, 0) is 0 Å². The van der Waals surface area contributed by atoms with Gasteiger partial charge in [0.15, 0.2) is 0 Å². The summed E-state index contributed by atoms with van der Waals surface area (Å²) in [6.45, 7) is 0. The predicted molar refractivity (Wildman–Crippen MR) is 42.2 cm³/mol. The molecule has 0 spiro atoms. The summed E-state index contributed by atoms with van der Waals surface area (Å²) in [7, 11) is 0. The van der Waals surface area contributed by atoms with E-state index in [0.717, 1.165) is 12.3 Å². The van der Waals surface area contributed by atoms with E-state index in [1.54, 1.807) is 0 Å². The average molecular weight is 211 g/mol. The van der Waals surface area contributed by atoms with Crippen LogP contribution in [0.25, 0.3) is 0 Å². The first-order valence-corrected chi connectivity index (χ1v) is 3.72. The van der Waals surface area contributed by atoms with E-state index in [1.165, 1.54) is 6.20 Å². The Hall–Kier alpha value is -0.810. The highest BCUT2D eigenvalue weighted by atomic mass is 35.5. The van der Waals surface area contributed by atoms with Gasteiger partial charge in [0.25, 0.3) is 0 Å². The van der Waals surface area contributed by atoms with Crippen LogP contribution in [0, 0.1) is 0 Å². The van der Waals surface area contributed by atoms with E-state index in [9.17, 15) is 13.2 Å². The lowest BCUT2D eigenvalue weighted by Crippen LogP contribution is -2.28. The van der Waals surface area contributed by atoms with E-state index in [4.69, 9.17) is 17.3 Å². The van der Waals surface area contributed by atoms with Crippen molar-refractivity contribution in [2.45, 2.75) is 12.2 Å². The minimum Gasteiger partial charge on any atom is -0.316 e. The number of alkyl halides is 3. The Labute approximate surface area is 77.5 Å². The number of aromatic nitrogens is 1. The second-order valence-corrected chi connectivity index (χ2v) is 2.82. The van der Waals surface area contributed by atoms with Gasteiger partial charge in [0.05, 0.1) is 5.02 Å². The van der Waals surface area contributed by atoms with E-state index in [0.29, 0.717) is 0 Å². The summed E-state index contributed by atoms with van der Waals surface area (Å²) in [5.74, 6) is 0. The van der Waals surface area contributed by atoms with E-state index < -0.39 is 12.2 Å². The highest BCUT2D eigenvalue weighted by Gasteiger charge is 2.38. The quantitative estimate of drug-likeness (QED) is 0.773. The third-order valence-corrected chi connectivity index (χ3v) is 1.81. The van der Waals surface area contributed by atoms with Gasteiger partial charge in [-0.25, -0.2) is 0 Å². The van der Waals surface area contributed by atoms with E-state index in [2.05, 4.69) is 4.98 Å². The van der Waals surface area contributed by atoms with Crippen LogP contribution in [0.3, 0.4) is 0 Å². The van der Waals surface area contributed by atoms with Crippen molar-refractivity contribution in [2.24, 2.45) is 5.73 Å². The molecule has 1 unspecified atom stereocenters. The van der Waals surface area contributed by atoms with Crippen LogP contribution < -0.4 is 5.73 Å². The molecule has 0 saturated carbocycles. The van der Waals surface area contributed by atoms with Crippen molar-refractivity contribution in [1.82, 2.24) is 4.98 Å². The molecule has 0 radical (unpaired) electrons. The SMILES string of the molecule is NC(c1ccncc1Cl)C(F)(F)F. The maximum absolute atomic E-state index is 12.1. The van der Waals surface area contributed by atoms with Crippen LogP contribution in [0.5, 0.6) is 0 Å². The topological polar surface area (TPSA) is 38.9 Å². The summed E-state index contributed by atoms with van der Waals surface area (Å²) in [5.41, 5.74) is 4.77. The third kappa shape index (κ3) is 2.32. The van der Waals surface area contributed by atoms with Crippen molar-refractivity contribution < 1.29 is 13.2 Å². The number of hydrogen-bond donors (Lipinski definition) is 1. The Bertz CT molecular complexity index is 300. The fourth-order valence-corrected chi connectivity index (χ4v) is 1.05. The summed E-state index contributed by atoms with van der Waals surface area (Å²) in [6.07, 6.45) is -2.14. The first-order valence-electron chi connectivity index (χ1n) is 3.34. The van der Waals surface area contributed by atoms with Crippen molar-refractivity contribution in [3.63, 3.8) is 0 Å². The lowest BCUT2D eigenvalue weighted by Gasteiger charge is -2.16. The zero-order chi connectivity index (χ0) is 10.1. The van der Waals surface area contributed by atoms with Crippen LogP contribution in [0.1, 0.15) is 11.6 Å². The van der Waals surface area contributed by atoms with Gasteiger partial charge in [-0.3, -0.25) is 4.98 Å². The highest BCUT2D eigenvalue weighted by Crippen LogP contribution is 2.33. The third-order valence-electron chi connectivity index (χ3n) is 1.49. The smallest absolute Gasteiger partial charge is 0.316 e. The highest BCUT2D eigenvalue weighted by molar-refractivity contribution is 6.31. The Morgan fingerprint density at radius 3 is 2.54 bits per heavy atom. The number of nitrogens with two attached hydrogens (primary N) is 1. The van der Waals surface area contributed by atoms with Gasteiger partial charge in [-0.1, -0.05) is 11.6 Å². The first-order chi connectivity index (χ1) is 5.93. The zero-order valence-electron chi connectivity index (χ0n) is 6.35. The largest absolute Gasteiger partial charge is 0.407 e. The monoisotopic (exact) mass is 210 g/mol. The Morgan fingerprint density at radius 2 is 2.08 bits per heavy atom. The molecule has 1 rings (SSSR count). The van der Waals surface area contributed by atoms with Crippen molar-refractivity contribution >= 4 is 11.6 Å². The molecule has 1 atom stereocenters. The molecule has 6 heteroatoms. The molecule has 1 aromatic heterocycles. The number of halogens is 4. The Kier molecular flexibility index (Phi) is 2.77. The Morgan fingerprint density at radius 1 is 1.46 bits per heavy atom. The van der Waals surface area contributed by atoms with Crippen LogP contribution in [-0.4, -0.2) is 11.2 Å². The van der Waals surface area contributed by atoms with Gasteiger partial charge < -0.3 is 5.73 Å². The van der Waals surface area contributed by atoms with Crippen molar-refractivity contribution in [2.75, 3.05) is 0 Å². The minimum absolute atomic E-state index is 0.0766. The average Bonchev–Trinajstić information content (AvgIpc) is 2.02. The van der Waals surface area contributed by atoms with Crippen LogP contribution in [0.2, 0.25) is 5.02 Å². The van der Waals surface area contributed by atoms with Gasteiger partial charge in [0.1, 0.15) is 6.04 Å². The molecule has 0 saturated heterocycles. The fourth-order valence-electron chi connectivity index (χ4n) is 0.814. The maximum Gasteiger partial charge on any atom is 0.407 e. The lowest BCUT2D eigenvalue weighted by atomic mass is 10.1. The van der Waals surface area contributed by atoms with Crippen molar-refractivity contribution in [3.8, 4) is 0 Å². The predicted octanol–water partition coefficient (Wildman–Crippen LogP) is 2.30. The molecule has 0 aliphatic carbocycles. The zero-order valence-corrected chi connectivity index (χ0v) is 7.10. The summed E-state index contributed by atoms with van der Waals surface area (Å²) < 4.78 is 36.3. The summed E-state index contributed by atoms with van der Waals surface area (Å²) >= 11 is 5.48. The molecule has 0 aliphatic heterocycles. The normalized spacial score (nSPS) is 14.2. The molecule has 0 bridgehead atoms. The van der Waals surface area contributed by atoms with E-state index in [-0.39, 0.29) is 10.6 Å². The molecule has 2 nitrogen and oxygen atoms in total. The van der Waals surface area contributed by atoms with Crippen molar-refractivity contribution in [3.05, 3.63) is 29.0 Å². The second kappa shape index (κ2) is 3.51. The first kappa shape index (κ1) is 10.3. The summed E-state index contributed by atoms with van der Waals surface area (Å²) in [4.78, 5) is 3.55. The molecule has 0 aromatic carbocycles. The van der Waals surface area contributed by atoms with Crippen molar-refractivity contribution in [1.29, 1.82) is 0 Å². The molecule has 1 aromatic rings. The molecule has 13 heavy (non-hydrogen) atoms. The van der Waals surface area contributed by atoms with E-state index in [1.807, 2.05) is 0 Å². The molecular weight excluding hydrogens is 205 g/mol. The molecular formula is C7H6ClF3N2. The van der Waals surface area contributed by atoms with Gasteiger partial charge in [-0.2, -0.15) is 13.2 Å². The lowest BCUT2D eigenvalue weighted by molar-refractivity contribution is -0.149. The molecule has 2 N–H and O–H groups in total.